The molecule has 2 rings (SSSR count). The molecule has 1 aliphatic rings. The molecule has 1 aromatic heterocycles. The van der Waals surface area contributed by atoms with Crippen molar-refractivity contribution in [2.75, 3.05) is 0 Å². The second kappa shape index (κ2) is 4.30. The number of nitrogens with one attached hydrogen (secondary N) is 1. The Labute approximate surface area is 84.5 Å². The van der Waals surface area contributed by atoms with Crippen LogP contribution in [0.4, 0.5) is 0 Å². The summed E-state index contributed by atoms with van der Waals surface area (Å²) in [5, 5.41) is 7.68. The van der Waals surface area contributed by atoms with E-state index in [1.54, 1.807) is 0 Å². The zero-order chi connectivity index (χ0) is 9.80. The van der Waals surface area contributed by atoms with Crippen LogP contribution in [0.15, 0.2) is 12.4 Å². The fourth-order valence-corrected chi connectivity index (χ4v) is 1.29. The highest BCUT2D eigenvalue weighted by molar-refractivity contribution is 5.06. The molecular formula is C11H15N3. The Morgan fingerprint density at radius 3 is 3.21 bits per heavy atom. The Balaban J connectivity index is 1.83. The molecule has 1 saturated carbocycles. The molecule has 0 radical (unpaired) electrons. The normalized spacial score (nSPS) is 14.9. The maximum Gasteiger partial charge on any atom is 0.102 e. The van der Waals surface area contributed by atoms with E-state index in [9.17, 15) is 0 Å². The molecule has 14 heavy (non-hydrogen) atoms. The molecule has 1 N–H and O–H groups in total. The maximum atomic E-state index is 4.23. The minimum Gasteiger partial charge on any atom is -0.310 e. The lowest BCUT2D eigenvalue weighted by atomic mass is 10.3. The van der Waals surface area contributed by atoms with Crippen molar-refractivity contribution >= 4 is 0 Å². The van der Waals surface area contributed by atoms with E-state index in [0.29, 0.717) is 6.54 Å². The van der Waals surface area contributed by atoms with Crippen LogP contribution in [0.25, 0.3) is 0 Å². The van der Waals surface area contributed by atoms with Crippen LogP contribution >= 0.6 is 0 Å². The Morgan fingerprint density at radius 2 is 2.50 bits per heavy atom. The third kappa shape index (κ3) is 2.61. The summed E-state index contributed by atoms with van der Waals surface area (Å²) >= 11 is 0. The Kier molecular flexibility index (Phi) is 2.85. The van der Waals surface area contributed by atoms with Gasteiger partial charge in [-0.1, -0.05) is 5.92 Å². The van der Waals surface area contributed by atoms with Gasteiger partial charge >= 0.3 is 0 Å². The highest BCUT2D eigenvalue weighted by atomic mass is 15.3. The Bertz CT molecular complexity index is 352. The van der Waals surface area contributed by atoms with Gasteiger partial charge in [-0.25, -0.2) is 0 Å². The van der Waals surface area contributed by atoms with Gasteiger partial charge in [0.1, 0.15) is 6.54 Å². The van der Waals surface area contributed by atoms with Gasteiger partial charge < -0.3 is 5.32 Å². The molecule has 0 aliphatic heterocycles. The highest BCUT2D eigenvalue weighted by Gasteiger charge is 2.19. The Morgan fingerprint density at radius 1 is 1.64 bits per heavy atom. The van der Waals surface area contributed by atoms with Gasteiger partial charge in [-0.2, -0.15) is 5.10 Å². The lowest BCUT2D eigenvalue weighted by Gasteiger charge is -1.97. The summed E-state index contributed by atoms with van der Waals surface area (Å²) in [6.45, 7) is 3.48. The van der Waals surface area contributed by atoms with Crippen LogP contribution < -0.4 is 5.32 Å². The van der Waals surface area contributed by atoms with E-state index >= 15 is 0 Å². The zero-order valence-electron chi connectivity index (χ0n) is 8.45. The minimum atomic E-state index is 0.694. The minimum absolute atomic E-state index is 0.694. The number of aromatic nitrogens is 2. The zero-order valence-corrected chi connectivity index (χ0v) is 8.45. The summed E-state index contributed by atoms with van der Waals surface area (Å²) in [6, 6.07) is 0.758. The second-order valence-corrected chi connectivity index (χ2v) is 3.63. The standard InChI is InChI=1S/C11H15N3/c1-2-3-6-14-9-10(8-13-14)7-12-11-4-5-11/h8-9,11-12H,4-7H2,1H3. The average molecular weight is 189 g/mol. The molecule has 3 nitrogen and oxygen atoms in total. The molecule has 0 amide bonds. The van der Waals surface area contributed by atoms with Gasteiger partial charge in [-0.3, -0.25) is 4.68 Å². The van der Waals surface area contributed by atoms with E-state index in [-0.39, 0.29) is 0 Å². The van der Waals surface area contributed by atoms with Gasteiger partial charge in [0, 0.05) is 24.3 Å². The molecule has 74 valence electrons. The van der Waals surface area contributed by atoms with Gasteiger partial charge in [-0.05, 0) is 19.8 Å². The van der Waals surface area contributed by atoms with Crippen molar-refractivity contribution in [3.8, 4) is 11.8 Å². The van der Waals surface area contributed by atoms with Crippen molar-refractivity contribution in [2.45, 2.75) is 38.9 Å². The predicted octanol–water partition coefficient (Wildman–Crippen LogP) is 1.16. The lowest BCUT2D eigenvalue weighted by Crippen LogP contribution is -2.14. The number of nitrogens with zero attached hydrogens (tertiary/aromatic N) is 2. The molecule has 0 saturated heterocycles. The van der Waals surface area contributed by atoms with Gasteiger partial charge in [0.05, 0.1) is 6.20 Å². The molecule has 0 atom stereocenters. The van der Waals surface area contributed by atoms with Crippen LogP contribution in [0, 0.1) is 11.8 Å². The first kappa shape index (κ1) is 9.29. The first-order valence-electron chi connectivity index (χ1n) is 5.03. The van der Waals surface area contributed by atoms with Crippen molar-refractivity contribution in [2.24, 2.45) is 0 Å². The van der Waals surface area contributed by atoms with E-state index in [4.69, 9.17) is 0 Å². The predicted molar refractivity (Wildman–Crippen MR) is 55.5 cm³/mol. The van der Waals surface area contributed by atoms with Crippen molar-refractivity contribution in [1.82, 2.24) is 15.1 Å². The summed E-state index contributed by atoms with van der Waals surface area (Å²) in [4.78, 5) is 0. The van der Waals surface area contributed by atoms with Crippen molar-refractivity contribution in [3.05, 3.63) is 18.0 Å². The maximum absolute atomic E-state index is 4.23. The molecule has 1 aromatic rings. The fraction of sp³-hybridized carbons (Fsp3) is 0.545. The summed E-state index contributed by atoms with van der Waals surface area (Å²) < 4.78 is 1.88. The van der Waals surface area contributed by atoms with E-state index in [2.05, 4.69) is 28.5 Å². The van der Waals surface area contributed by atoms with Crippen molar-refractivity contribution in [1.29, 1.82) is 0 Å². The first-order valence-corrected chi connectivity index (χ1v) is 5.03. The van der Waals surface area contributed by atoms with Crippen LogP contribution in [0.1, 0.15) is 25.3 Å². The molecule has 1 fully saturated rings. The summed E-state index contributed by atoms with van der Waals surface area (Å²) in [5.41, 5.74) is 1.25. The molecule has 1 aliphatic carbocycles. The summed E-state index contributed by atoms with van der Waals surface area (Å²) in [7, 11) is 0. The SMILES string of the molecule is CC#CCn1cc(CNC2CC2)cn1. The van der Waals surface area contributed by atoms with Crippen LogP contribution in [-0.4, -0.2) is 15.8 Å². The average Bonchev–Trinajstić information content (AvgIpc) is 2.92. The number of rotatable bonds is 4. The van der Waals surface area contributed by atoms with Crippen LogP contribution in [0.3, 0.4) is 0 Å². The van der Waals surface area contributed by atoms with E-state index < -0.39 is 0 Å². The largest absolute Gasteiger partial charge is 0.310 e. The van der Waals surface area contributed by atoms with Crippen LogP contribution in [0.5, 0.6) is 0 Å². The fourth-order valence-electron chi connectivity index (χ4n) is 1.29. The smallest absolute Gasteiger partial charge is 0.102 e. The molecule has 1 heterocycles. The molecule has 3 heteroatoms. The quantitative estimate of drug-likeness (QED) is 0.720. The molecule has 0 unspecified atom stereocenters. The van der Waals surface area contributed by atoms with Gasteiger partial charge in [0.15, 0.2) is 0 Å². The van der Waals surface area contributed by atoms with Crippen LogP contribution in [-0.2, 0) is 13.1 Å². The number of hydrogen-bond donors (Lipinski definition) is 1. The lowest BCUT2D eigenvalue weighted by molar-refractivity contribution is 0.683. The summed E-state index contributed by atoms with van der Waals surface area (Å²) in [5.74, 6) is 5.84. The molecular weight excluding hydrogens is 174 g/mol. The molecule has 0 aromatic carbocycles. The topological polar surface area (TPSA) is 29.9 Å². The molecule has 0 bridgehead atoms. The van der Waals surface area contributed by atoms with Gasteiger partial charge in [0.2, 0.25) is 0 Å². The third-order valence-electron chi connectivity index (χ3n) is 2.28. The monoisotopic (exact) mass is 189 g/mol. The van der Waals surface area contributed by atoms with Crippen LogP contribution in [0.2, 0.25) is 0 Å². The Hall–Kier alpha value is -1.27. The van der Waals surface area contributed by atoms with Crippen molar-refractivity contribution in [3.63, 3.8) is 0 Å². The first-order chi connectivity index (χ1) is 6.88. The summed E-state index contributed by atoms with van der Waals surface area (Å²) in [6.07, 6.45) is 6.62. The van der Waals surface area contributed by atoms with Crippen molar-refractivity contribution < 1.29 is 0 Å². The second-order valence-electron chi connectivity index (χ2n) is 3.63. The highest BCUT2D eigenvalue weighted by Crippen LogP contribution is 2.19. The number of hydrogen-bond acceptors (Lipinski definition) is 2. The van der Waals surface area contributed by atoms with E-state index in [1.165, 1.54) is 18.4 Å². The van der Waals surface area contributed by atoms with Gasteiger partial charge in [0.25, 0.3) is 0 Å². The van der Waals surface area contributed by atoms with E-state index in [1.807, 2.05) is 17.8 Å². The van der Waals surface area contributed by atoms with E-state index in [0.717, 1.165) is 12.6 Å². The molecule has 0 spiro atoms. The third-order valence-corrected chi connectivity index (χ3v) is 2.28. The van der Waals surface area contributed by atoms with Gasteiger partial charge in [-0.15, -0.1) is 5.92 Å².